The van der Waals surface area contributed by atoms with Crippen LogP contribution >= 0.6 is 0 Å². The summed E-state index contributed by atoms with van der Waals surface area (Å²) in [4.78, 5) is 16.4. The molecule has 1 heterocycles. The lowest BCUT2D eigenvalue weighted by atomic mass is 9.93. The molecule has 1 saturated carbocycles. The van der Waals surface area contributed by atoms with Crippen LogP contribution in [0.2, 0.25) is 0 Å². The third kappa shape index (κ3) is 4.15. The summed E-state index contributed by atoms with van der Waals surface area (Å²) in [7, 11) is 0. The Morgan fingerprint density at radius 3 is 2.63 bits per heavy atom. The maximum atomic E-state index is 12.2. The van der Waals surface area contributed by atoms with Crippen LogP contribution < -0.4 is 0 Å². The first-order valence-electron chi connectivity index (χ1n) is 7.57. The van der Waals surface area contributed by atoms with E-state index in [-0.39, 0.29) is 6.04 Å². The summed E-state index contributed by atoms with van der Waals surface area (Å²) in [6.45, 7) is 4.13. The van der Waals surface area contributed by atoms with Gasteiger partial charge in [0.05, 0.1) is 6.42 Å². The van der Waals surface area contributed by atoms with Gasteiger partial charge in [-0.25, -0.2) is 9.67 Å². The highest BCUT2D eigenvalue weighted by Gasteiger charge is 2.18. The fourth-order valence-electron chi connectivity index (χ4n) is 2.97. The molecule has 1 aliphatic rings. The Morgan fingerprint density at radius 1 is 1.32 bits per heavy atom. The van der Waals surface area contributed by atoms with Gasteiger partial charge in [0.2, 0.25) is 0 Å². The second-order valence-corrected chi connectivity index (χ2v) is 5.99. The zero-order valence-electron chi connectivity index (χ0n) is 12.1. The molecule has 0 aromatic carbocycles. The van der Waals surface area contributed by atoms with Crippen molar-refractivity contribution in [3.63, 3.8) is 0 Å². The highest BCUT2D eigenvalue weighted by molar-refractivity contribution is 5.80. The van der Waals surface area contributed by atoms with E-state index in [1.807, 2.05) is 4.68 Å². The summed E-state index contributed by atoms with van der Waals surface area (Å²) in [5, 5.41) is 4.18. The van der Waals surface area contributed by atoms with Gasteiger partial charge in [-0.1, -0.05) is 38.5 Å². The van der Waals surface area contributed by atoms with Gasteiger partial charge in [-0.2, -0.15) is 5.10 Å². The minimum atomic E-state index is 0.267. The van der Waals surface area contributed by atoms with E-state index in [4.69, 9.17) is 0 Å². The Bertz CT molecular complexity index is 403. The van der Waals surface area contributed by atoms with Crippen LogP contribution in [0, 0.1) is 5.92 Å². The number of aromatic nitrogens is 3. The first-order valence-corrected chi connectivity index (χ1v) is 7.57. The van der Waals surface area contributed by atoms with Crippen molar-refractivity contribution in [1.29, 1.82) is 0 Å². The fourth-order valence-corrected chi connectivity index (χ4v) is 2.97. The van der Waals surface area contributed by atoms with E-state index < -0.39 is 0 Å². The van der Waals surface area contributed by atoms with E-state index >= 15 is 0 Å². The maximum Gasteiger partial charge on any atom is 0.140 e. The molecule has 0 amide bonds. The largest absolute Gasteiger partial charge is 0.299 e. The molecule has 0 bridgehead atoms. The van der Waals surface area contributed by atoms with Crippen LogP contribution in [0.1, 0.15) is 70.7 Å². The van der Waals surface area contributed by atoms with E-state index in [1.165, 1.54) is 38.5 Å². The number of ketones is 1. The number of carbonyl (C=O) groups is 1. The van der Waals surface area contributed by atoms with Crippen LogP contribution in [0.3, 0.4) is 0 Å². The summed E-state index contributed by atoms with van der Waals surface area (Å²) in [6, 6.07) is 0.267. The number of rotatable bonds is 5. The monoisotopic (exact) mass is 263 g/mol. The summed E-state index contributed by atoms with van der Waals surface area (Å²) < 4.78 is 1.85. The quantitative estimate of drug-likeness (QED) is 0.766. The lowest BCUT2D eigenvalue weighted by Crippen LogP contribution is -2.15. The van der Waals surface area contributed by atoms with Crippen molar-refractivity contribution in [2.24, 2.45) is 5.92 Å². The van der Waals surface area contributed by atoms with Crippen molar-refractivity contribution >= 4 is 5.78 Å². The number of Topliss-reactive ketones (excluding diaryl/α,β-unsaturated/α-hetero) is 1. The smallest absolute Gasteiger partial charge is 0.140 e. The van der Waals surface area contributed by atoms with Gasteiger partial charge in [-0.05, 0) is 19.8 Å². The van der Waals surface area contributed by atoms with Gasteiger partial charge in [0, 0.05) is 12.5 Å². The topological polar surface area (TPSA) is 47.8 Å². The van der Waals surface area contributed by atoms with Crippen molar-refractivity contribution in [3.05, 3.63) is 12.2 Å². The molecule has 19 heavy (non-hydrogen) atoms. The summed E-state index contributed by atoms with van der Waals surface area (Å²) in [5.74, 6) is 1.74. The third-order valence-electron chi connectivity index (χ3n) is 3.98. The van der Waals surface area contributed by atoms with Gasteiger partial charge in [-0.3, -0.25) is 4.79 Å². The molecule has 0 atom stereocenters. The van der Waals surface area contributed by atoms with E-state index in [0.29, 0.717) is 18.1 Å². The minimum absolute atomic E-state index is 0.267. The first kappa shape index (κ1) is 14.2. The van der Waals surface area contributed by atoms with Crippen molar-refractivity contribution in [3.8, 4) is 0 Å². The molecule has 0 radical (unpaired) electrons. The van der Waals surface area contributed by atoms with Crippen LogP contribution in [0.4, 0.5) is 0 Å². The third-order valence-corrected chi connectivity index (χ3v) is 3.98. The predicted molar refractivity (Wildman–Crippen MR) is 74.9 cm³/mol. The average molecular weight is 263 g/mol. The van der Waals surface area contributed by atoms with Crippen LogP contribution in [-0.2, 0) is 11.2 Å². The molecule has 0 saturated heterocycles. The second kappa shape index (κ2) is 6.83. The van der Waals surface area contributed by atoms with Gasteiger partial charge < -0.3 is 0 Å². The molecule has 0 aliphatic heterocycles. The minimum Gasteiger partial charge on any atom is -0.299 e. The first-order chi connectivity index (χ1) is 9.16. The molecule has 0 spiro atoms. The van der Waals surface area contributed by atoms with Gasteiger partial charge in [0.15, 0.2) is 0 Å². The van der Waals surface area contributed by atoms with Crippen molar-refractivity contribution in [1.82, 2.24) is 14.8 Å². The lowest BCUT2D eigenvalue weighted by Gasteiger charge is -2.13. The van der Waals surface area contributed by atoms with E-state index in [1.54, 1.807) is 6.33 Å². The molecular weight excluding hydrogens is 238 g/mol. The van der Waals surface area contributed by atoms with Gasteiger partial charge >= 0.3 is 0 Å². The standard InChI is InChI=1S/C15H25N3O/c1-12(2)18-15(16-11-17-18)10-14(19)9-13-7-5-3-4-6-8-13/h11-13H,3-10H2,1-2H3. The van der Waals surface area contributed by atoms with Crippen LogP contribution in [0.5, 0.6) is 0 Å². The normalized spacial score (nSPS) is 17.6. The molecule has 2 rings (SSSR count). The number of nitrogens with zero attached hydrogens (tertiary/aromatic N) is 3. The zero-order valence-corrected chi connectivity index (χ0v) is 12.1. The van der Waals surface area contributed by atoms with Crippen LogP contribution in [-0.4, -0.2) is 20.5 Å². The maximum absolute atomic E-state index is 12.2. The highest BCUT2D eigenvalue weighted by atomic mass is 16.1. The van der Waals surface area contributed by atoms with Gasteiger partial charge in [-0.15, -0.1) is 0 Å². The van der Waals surface area contributed by atoms with E-state index in [0.717, 1.165) is 12.2 Å². The van der Waals surface area contributed by atoms with E-state index in [2.05, 4.69) is 23.9 Å². The molecule has 1 fully saturated rings. The van der Waals surface area contributed by atoms with Crippen molar-refractivity contribution < 1.29 is 4.79 Å². The molecule has 1 aromatic rings. The van der Waals surface area contributed by atoms with Crippen LogP contribution in [0.25, 0.3) is 0 Å². The molecule has 0 unspecified atom stereocenters. The average Bonchev–Trinajstić information content (AvgIpc) is 2.66. The Kier molecular flexibility index (Phi) is 5.11. The van der Waals surface area contributed by atoms with E-state index in [9.17, 15) is 4.79 Å². The van der Waals surface area contributed by atoms with Crippen molar-refractivity contribution in [2.45, 2.75) is 71.3 Å². The highest BCUT2D eigenvalue weighted by Crippen LogP contribution is 2.26. The lowest BCUT2D eigenvalue weighted by molar-refractivity contribution is -0.119. The molecule has 0 N–H and O–H groups in total. The molecule has 4 heteroatoms. The van der Waals surface area contributed by atoms with Gasteiger partial charge in [0.1, 0.15) is 17.9 Å². The SMILES string of the molecule is CC(C)n1ncnc1CC(=O)CC1CCCCCC1. The molecule has 4 nitrogen and oxygen atoms in total. The molecular formula is C15H25N3O. The molecule has 1 aromatic heterocycles. The molecule has 1 aliphatic carbocycles. The number of hydrogen-bond acceptors (Lipinski definition) is 3. The Morgan fingerprint density at radius 2 is 2.00 bits per heavy atom. The predicted octanol–water partition coefficient (Wildman–Crippen LogP) is 3.33. The Balaban J connectivity index is 1.88. The Labute approximate surface area is 115 Å². The Hall–Kier alpha value is -1.19. The summed E-state index contributed by atoms with van der Waals surface area (Å²) >= 11 is 0. The number of hydrogen-bond donors (Lipinski definition) is 0. The zero-order chi connectivity index (χ0) is 13.7. The second-order valence-electron chi connectivity index (χ2n) is 5.99. The van der Waals surface area contributed by atoms with Gasteiger partial charge in [0.25, 0.3) is 0 Å². The number of carbonyl (C=O) groups excluding carboxylic acids is 1. The molecule has 106 valence electrons. The summed E-state index contributed by atoms with van der Waals surface area (Å²) in [6.07, 6.45) is 10.4. The fraction of sp³-hybridized carbons (Fsp3) is 0.800. The van der Waals surface area contributed by atoms with Crippen LogP contribution in [0.15, 0.2) is 6.33 Å². The van der Waals surface area contributed by atoms with Crippen molar-refractivity contribution in [2.75, 3.05) is 0 Å². The summed E-state index contributed by atoms with van der Waals surface area (Å²) in [5.41, 5.74) is 0.